The summed E-state index contributed by atoms with van der Waals surface area (Å²) in [6.45, 7) is 4.71. The highest BCUT2D eigenvalue weighted by Gasteiger charge is 2.24. The summed E-state index contributed by atoms with van der Waals surface area (Å²) in [5, 5.41) is 3.53. The number of hydrogen-bond acceptors (Lipinski definition) is 3. The molecule has 2 aliphatic heterocycles. The second-order valence-corrected chi connectivity index (χ2v) is 6.45. The fourth-order valence-corrected chi connectivity index (χ4v) is 3.35. The molecule has 0 bridgehead atoms. The molecule has 0 aromatic heterocycles. The summed E-state index contributed by atoms with van der Waals surface area (Å²) >= 11 is 0. The summed E-state index contributed by atoms with van der Waals surface area (Å²) in [6, 6.07) is 8.80. The van der Waals surface area contributed by atoms with Gasteiger partial charge in [-0.05, 0) is 63.3 Å². The lowest BCUT2D eigenvalue weighted by Crippen LogP contribution is -2.42. The summed E-state index contributed by atoms with van der Waals surface area (Å²) in [5.74, 6) is 0.171. The Morgan fingerprint density at radius 3 is 2.55 bits per heavy atom. The molecule has 0 unspecified atom stereocenters. The number of nitrogens with zero attached hydrogens (tertiary/aromatic N) is 1. The van der Waals surface area contributed by atoms with Crippen molar-refractivity contribution in [2.75, 3.05) is 25.1 Å². The van der Waals surface area contributed by atoms with Crippen molar-refractivity contribution in [1.82, 2.24) is 4.90 Å². The van der Waals surface area contributed by atoms with E-state index in [0.717, 1.165) is 56.7 Å². The number of hydrogen-bond donors (Lipinski definition) is 1. The number of carbonyl (C=O) groups excluding carboxylic acids is 1. The molecular formula is C18H26N2O2. The van der Waals surface area contributed by atoms with Crippen LogP contribution in [0.4, 0.5) is 5.69 Å². The van der Waals surface area contributed by atoms with Crippen LogP contribution in [0.3, 0.4) is 0 Å². The van der Waals surface area contributed by atoms with E-state index in [1.165, 1.54) is 6.42 Å². The molecule has 2 heterocycles. The standard InChI is InChI=1S/C18H26N2O2/c1-14-4-2-3-11-20(14)18(21)15-5-7-16(8-6-15)19-17-9-12-22-13-10-17/h5-8,14,17,19H,2-4,9-13H2,1H3/t14-/m0/s1. The minimum absolute atomic E-state index is 0.171. The van der Waals surface area contributed by atoms with Gasteiger partial charge in [0.15, 0.2) is 0 Å². The quantitative estimate of drug-likeness (QED) is 0.931. The number of ether oxygens (including phenoxy) is 1. The van der Waals surface area contributed by atoms with Gasteiger partial charge < -0.3 is 15.0 Å². The molecule has 4 heteroatoms. The maximum Gasteiger partial charge on any atom is 0.254 e. The summed E-state index contributed by atoms with van der Waals surface area (Å²) in [4.78, 5) is 14.6. The second kappa shape index (κ2) is 7.14. The van der Waals surface area contributed by atoms with E-state index in [4.69, 9.17) is 4.74 Å². The van der Waals surface area contributed by atoms with Gasteiger partial charge in [0, 0.05) is 43.1 Å². The van der Waals surface area contributed by atoms with Crippen LogP contribution in [0.15, 0.2) is 24.3 Å². The maximum absolute atomic E-state index is 12.6. The summed E-state index contributed by atoms with van der Waals surface area (Å²) in [6.07, 6.45) is 5.57. The Labute approximate surface area is 132 Å². The fourth-order valence-electron chi connectivity index (χ4n) is 3.35. The van der Waals surface area contributed by atoms with Crippen molar-refractivity contribution in [3.05, 3.63) is 29.8 Å². The minimum atomic E-state index is 0.171. The zero-order valence-corrected chi connectivity index (χ0v) is 13.4. The van der Waals surface area contributed by atoms with Crippen molar-refractivity contribution in [3.63, 3.8) is 0 Å². The molecule has 1 aromatic carbocycles. The fraction of sp³-hybridized carbons (Fsp3) is 0.611. The molecular weight excluding hydrogens is 276 g/mol. The van der Waals surface area contributed by atoms with E-state index in [-0.39, 0.29) is 5.91 Å². The molecule has 0 radical (unpaired) electrons. The molecule has 4 nitrogen and oxygen atoms in total. The van der Waals surface area contributed by atoms with E-state index < -0.39 is 0 Å². The van der Waals surface area contributed by atoms with Gasteiger partial charge in [-0.25, -0.2) is 0 Å². The Morgan fingerprint density at radius 1 is 1.14 bits per heavy atom. The van der Waals surface area contributed by atoms with Crippen molar-refractivity contribution >= 4 is 11.6 Å². The third-order valence-corrected chi connectivity index (χ3v) is 4.79. The minimum Gasteiger partial charge on any atom is -0.382 e. The zero-order valence-electron chi connectivity index (χ0n) is 13.4. The molecule has 0 aliphatic carbocycles. The molecule has 1 amide bonds. The molecule has 0 spiro atoms. The number of benzene rings is 1. The van der Waals surface area contributed by atoms with Crippen LogP contribution in [0.2, 0.25) is 0 Å². The first-order chi connectivity index (χ1) is 10.7. The zero-order chi connectivity index (χ0) is 15.4. The number of nitrogens with one attached hydrogen (secondary N) is 1. The highest BCUT2D eigenvalue weighted by molar-refractivity contribution is 5.94. The first-order valence-corrected chi connectivity index (χ1v) is 8.49. The van der Waals surface area contributed by atoms with Crippen molar-refractivity contribution < 1.29 is 9.53 Å². The van der Waals surface area contributed by atoms with Crippen molar-refractivity contribution in [2.45, 2.75) is 51.1 Å². The lowest BCUT2D eigenvalue weighted by molar-refractivity contribution is 0.0635. The van der Waals surface area contributed by atoms with Crippen LogP contribution < -0.4 is 5.32 Å². The average molecular weight is 302 g/mol. The topological polar surface area (TPSA) is 41.6 Å². The third-order valence-electron chi connectivity index (χ3n) is 4.79. The van der Waals surface area contributed by atoms with Crippen LogP contribution in [0.1, 0.15) is 49.4 Å². The Balaban J connectivity index is 1.61. The molecule has 2 saturated heterocycles. The van der Waals surface area contributed by atoms with Crippen LogP contribution in [0.25, 0.3) is 0 Å². The first-order valence-electron chi connectivity index (χ1n) is 8.49. The first kappa shape index (κ1) is 15.3. The van der Waals surface area contributed by atoms with Crippen LogP contribution >= 0.6 is 0 Å². The summed E-state index contributed by atoms with van der Waals surface area (Å²) in [5.41, 5.74) is 1.89. The highest BCUT2D eigenvalue weighted by Crippen LogP contribution is 2.21. The Bertz CT molecular complexity index is 494. The smallest absolute Gasteiger partial charge is 0.254 e. The number of rotatable bonds is 3. The molecule has 22 heavy (non-hydrogen) atoms. The number of carbonyl (C=O) groups is 1. The molecule has 2 fully saturated rings. The monoisotopic (exact) mass is 302 g/mol. The third kappa shape index (κ3) is 3.61. The molecule has 1 atom stereocenters. The van der Waals surface area contributed by atoms with Gasteiger partial charge >= 0.3 is 0 Å². The van der Waals surface area contributed by atoms with Crippen molar-refractivity contribution in [3.8, 4) is 0 Å². The SMILES string of the molecule is C[C@H]1CCCCN1C(=O)c1ccc(NC2CCOCC2)cc1. The van der Waals surface area contributed by atoms with Crippen LogP contribution in [-0.4, -0.2) is 42.6 Å². The molecule has 2 aliphatic rings. The Kier molecular flexibility index (Phi) is 4.98. The van der Waals surface area contributed by atoms with E-state index in [1.807, 2.05) is 29.2 Å². The number of anilines is 1. The lowest BCUT2D eigenvalue weighted by atomic mass is 10.0. The number of amides is 1. The van der Waals surface area contributed by atoms with E-state index >= 15 is 0 Å². The molecule has 1 N–H and O–H groups in total. The van der Waals surface area contributed by atoms with Crippen LogP contribution in [0, 0.1) is 0 Å². The average Bonchev–Trinajstić information content (AvgIpc) is 2.56. The van der Waals surface area contributed by atoms with Crippen LogP contribution in [0.5, 0.6) is 0 Å². The van der Waals surface area contributed by atoms with Crippen LogP contribution in [-0.2, 0) is 4.74 Å². The molecule has 3 rings (SSSR count). The number of piperidine rings is 1. The largest absolute Gasteiger partial charge is 0.382 e. The Hall–Kier alpha value is -1.55. The predicted molar refractivity (Wildman–Crippen MR) is 88.3 cm³/mol. The van der Waals surface area contributed by atoms with E-state index in [9.17, 15) is 4.79 Å². The molecule has 1 aromatic rings. The van der Waals surface area contributed by atoms with Gasteiger partial charge in [-0.1, -0.05) is 0 Å². The van der Waals surface area contributed by atoms with Gasteiger partial charge in [-0.2, -0.15) is 0 Å². The van der Waals surface area contributed by atoms with Crippen molar-refractivity contribution in [2.24, 2.45) is 0 Å². The Morgan fingerprint density at radius 2 is 1.86 bits per heavy atom. The van der Waals surface area contributed by atoms with Gasteiger partial charge in [-0.3, -0.25) is 4.79 Å². The lowest BCUT2D eigenvalue weighted by Gasteiger charge is -2.33. The van der Waals surface area contributed by atoms with E-state index in [0.29, 0.717) is 12.1 Å². The van der Waals surface area contributed by atoms with Gasteiger partial charge in [-0.15, -0.1) is 0 Å². The number of likely N-dealkylation sites (tertiary alicyclic amines) is 1. The predicted octanol–water partition coefficient (Wildman–Crippen LogP) is 3.29. The molecule has 120 valence electrons. The second-order valence-electron chi connectivity index (χ2n) is 6.45. The molecule has 0 saturated carbocycles. The van der Waals surface area contributed by atoms with Gasteiger partial charge in [0.1, 0.15) is 0 Å². The maximum atomic E-state index is 12.6. The van der Waals surface area contributed by atoms with Crippen molar-refractivity contribution in [1.29, 1.82) is 0 Å². The summed E-state index contributed by atoms with van der Waals surface area (Å²) < 4.78 is 5.38. The van der Waals surface area contributed by atoms with Gasteiger partial charge in [0.2, 0.25) is 0 Å². The van der Waals surface area contributed by atoms with Gasteiger partial charge in [0.25, 0.3) is 5.91 Å². The summed E-state index contributed by atoms with van der Waals surface area (Å²) in [7, 11) is 0. The highest BCUT2D eigenvalue weighted by atomic mass is 16.5. The normalized spacial score (nSPS) is 23.3. The van der Waals surface area contributed by atoms with E-state index in [2.05, 4.69) is 12.2 Å². The van der Waals surface area contributed by atoms with Gasteiger partial charge in [0.05, 0.1) is 0 Å². The van der Waals surface area contributed by atoms with E-state index in [1.54, 1.807) is 0 Å².